The molecule has 3 rings (SSSR count). The molecule has 0 aliphatic heterocycles. The molecule has 2 heterocycles. The molecule has 0 amide bonds. The Labute approximate surface area is 112 Å². The summed E-state index contributed by atoms with van der Waals surface area (Å²) < 4.78 is 5.43. The molecule has 1 atom stereocenters. The number of aromatic nitrogens is 1. The Hall–Kier alpha value is -2.29. The first-order valence-corrected chi connectivity index (χ1v) is 6.40. The number of fused-ring (bicyclic) bond motifs is 1. The number of anilines is 1. The van der Waals surface area contributed by atoms with Gasteiger partial charge in [0.2, 0.25) is 0 Å². The summed E-state index contributed by atoms with van der Waals surface area (Å²) in [4.78, 5) is 4.45. The van der Waals surface area contributed by atoms with Crippen molar-refractivity contribution in [3.05, 3.63) is 60.2 Å². The van der Waals surface area contributed by atoms with Crippen molar-refractivity contribution in [3.63, 3.8) is 0 Å². The molecule has 2 aromatic heterocycles. The van der Waals surface area contributed by atoms with Gasteiger partial charge in [-0.3, -0.25) is 4.98 Å². The first kappa shape index (κ1) is 11.8. The molecule has 0 saturated carbocycles. The summed E-state index contributed by atoms with van der Waals surface area (Å²) in [5, 5.41) is 4.62. The quantitative estimate of drug-likeness (QED) is 0.754. The molecule has 3 nitrogen and oxygen atoms in total. The normalized spacial score (nSPS) is 12.5. The number of hydrogen-bond acceptors (Lipinski definition) is 3. The van der Waals surface area contributed by atoms with Crippen molar-refractivity contribution in [1.29, 1.82) is 0 Å². The van der Waals surface area contributed by atoms with Gasteiger partial charge in [-0.05, 0) is 49.7 Å². The molecule has 0 saturated heterocycles. The van der Waals surface area contributed by atoms with Crippen LogP contribution in [0.2, 0.25) is 0 Å². The number of pyridine rings is 1. The fourth-order valence-corrected chi connectivity index (χ4v) is 2.28. The predicted octanol–water partition coefficient (Wildman–Crippen LogP) is 4.31. The second-order valence-electron chi connectivity index (χ2n) is 4.71. The number of nitrogens with zero attached hydrogens (tertiary/aromatic N) is 1. The molecule has 0 fully saturated rings. The van der Waals surface area contributed by atoms with E-state index in [4.69, 9.17) is 4.42 Å². The lowest BCUT2D eigenvalue weighted by molar-refractivity contribution is 0.491. The summed E-state index contributed by atoms with van der Waals surface area (Å²) in [5.74, 6) is 0.928. The van der Waals surface area contributed by atoms with Gasteiger partial charge in [0, 0.05) is 17.3 Å². The highest BCUT2D eigenvalue weighted by molar-refractivity contribution is 5.93. The molecule has 19 heavy (non-hydrogen) atoms. The maximum absolute atomic E-state index is 5.43. The lowest BCUT2D eigenvalue weighted by Gasteiger charge is -2.15. The second-order valence-corrected chi connectivity index (χ2v) is 4.71. The van der Waals surface area contributed by atoms with E-state index in [1.807, 2.05) is 24.4 Å². The fourth-order valence-electron chi connectivity index (χ4n) is 2.28. The first-order chi connectivity index (χ1) is 9.25. The van der Waals surface area contributed by atoms with Crippen molar-refractivity contribution in [3.8, 4) is 0 Å². The van der Waals surface area contributed by atoms with Crippen molar-refractivity contribution >= 4 is 16.6 Å². The predicted molar refractivity (Wildman–Crippen MR) is 77.2 cm³/mol. The van der Waals surface area contributed by atoms with Gasteiger partial charge in [-0.2, -0.15) is 0 Å². The Morgan fingerprint density at radius 3 is 2.84 bits per heavy atom. The Morgan fingerprint density at radius 1 is 1.16 bits per heavy atom. The zero-order chi connectivity index (χ0) is 13.2. The summed E-state index contributed by atoms with van der Waals surface area (Å²) in [6, 6.07) is 12.2. The lowest BCUT2D eigenvalue weighted by Crippen LogP contribution is -2.06. The number of aryl methyl sites for hydroxylation is 1. The summed E-state index contributed by atoms with van der Waals surface area (Å²) in [7, 11) is 0. The average Bonchev–Trinajstić information content (AvgIpc) is 2.96. The Morgan fingerprint density at radius 2 is 2.05 bits per heavy atom. The van der Waals surface area contributed by atoms with Gasteiger partial charge in [0.15, 0.2) is 0 Å². The summed E-state index contributed by atoms with van der Waals surface area (Å²) in [6.07, 6.45) is 3.53. The van der Waals surface area contributed by atoms with Crippen LogP contribution in [-0.2, 0) is 0 Å². The minimum Gasteiger partial charge on any atom is -0.467 e. The van der Waals surface area contributed by atoms with Crippen LogP contribution in [0.5, 0.6) is 0 Å². The molecule has 3 aromatic rings. The van der Waals surface area contributed by atoms with E-state index in [1.165, 1.54) is 5.56 Å². The number of hydrogen-bond donors (Lipinski definition) is 1. The van der Waals surface area contributed by atoms with Crippen LogP contribution >= 0.6 is 0 Å². The van der Waals surface area contributed by atoms with E-state index >= 15 is 0 Å². The van der Waals surface area contributed by atoms with Crippen LogP contribution in [0.25, 0.3) is 10.9 Å². The average molecular weight is 252 g/mol. The molecular weight excluding hydrogens is 236 g/mol. The van der Waals surface area contributed by atoms with E-state index in [9.17, 15) is 0 Å². The number of furan rings is 1. The molecular formula is C16H16N2O. The highest BCUT2D eigenvalue weighted by Gasteiger charge is 2.10. The maximum Gasteiger partial charge on any atom is 0.125 e. The maximum atomic E-state index is 5.43. The van der Waals surface area contributed by atoms with Gasteiger partial charge in [0.05, 0.1) is 17.8 Å². The molecule has 0 radical (unpaired) electrons. The molecule has 3 heteroatoms. The minimum absolute atomic E-state index is 0.126. The smallest absolute Gasteiger partial charge is 0.125 e. The van der Waals surface area contributed by atoms with E-state index in [-0.39, 0.29) is 6.04 Å². The molecule has 0 aliphatic carbocycles. The van der Waals surface area contributed by atoms with Crippen LogP contribution in [0.15, 0.2) is 53.3 Å². The third-order valence-electron chi connectivity index (χ3n) is 3.31. The summed E-state index contributed by atoms with van der Waals surface area (Å²) in [6.45, 7) is 4.16. The van der Waals surface area contributed by atoms with Crippen LogP contribution in [-0.4, -0.2) is 4.98 Å². The van der Waals surface area contributed by atoms with Crippen LogP contribution in [0.3, 0.4) is 0 Å². The van der Waals surface area contributed by atoms with Gasteiger partial charge < -0.3 is 9.73 Å². The van der Waals surface area contributed by atoms with Crippen molar-refractivity contribution in [2.45, 2.75) is 19.9 Å². The highest BCUT2D eigenvalue weighted by atomic mass is 16.3. The van der Waals surface area contributed by atoms with E-state index in [1.54, 1.807) is 6.26 Å². The second kappa shape index (κ2) is 4.76. The number of nitrogens with one attached hydrogen (secondary N) is 1. The SMILES string of the molecule is Cc1ccc(NC(C)c2ccco2)c2cccnc12. The Balaban J connectivity index is 2.00. The van der Waals surface area contributed by atoms with E-state index in [2.05, 4.69) is 42.3 Å². The van der Waals surface area contributed by atoms with Crippen LogP contribution in [0.4, 0.5) is 5.69 Å². The summed E-state index contributed by atoms with van der Waals surface area (Å²) >= 11 is 0. The number of rotatable bonds is 3. The van der Waals surface area contributed by atoms with Crippen molar-refractivity contribution in [1.82, 2.24) is 4.98 Å². The molecule has 96 valence electrons. The van der Waals surface area contributed by atoms with Gasteiger partial charge in [-0.15, -0.1) is 0 Å². The third-order valence-corrected chi connectivity index (χ3v) is 3.31. The Bertz CT molecular complexity index is 689. The first-order valence-electron chi connectivity index (χ1n) is 6.40. The molecule has 1 aromatic carbocycles. The Kier molecular flexibility index (Phi) is 2.95. The molecule has 1 unspecified atom stereocenters. The molecule has 0 spiro atoms. The van der Waals surface area contributed by atoms with Gasteiger partial charge in [0.1, 0.15) is 5.76 Å². The highest BCUT2D eigenvalue weighted by Crippen LogP contribution is 2.28. The van der Waals surface area contributed by atoms with Gasteiger partial charge >= 0.3 is 0 Å². The third kappa shape index (κ3) is 2.19. The molecule has 1 N–H and O–H groups in total. The topological polar surface area (TPSA) is 38.1 Å². The van der Waals surface area contributed by atoms with Gasteiger partial charge in [-0.25, -0.2) is 0 Å². The van der Waals surface area contributed by atoms with Gasteiger partial charge in [-0.1, -0.05) is 6.07 Å². The zero-order valence-corrected chi connectivity index (χ0v) is 11.1. The fraction of sp³-hybridized carbons (Fsp3) is 0.188. The van der Waals surface area contributed by atoms with Gasteiger partial charge in [0.25, 0.3) is 0 Å². The monoisotopic (exact) mass is 252 g/mol. The summed E-state index contributed by atoms with van der Waals surface area (Å²) in [5.41, 5.74) is 3.31. The van der Waals surface area contributed by atoms with Crippen molar-refractivity contribution in [2.75, 3.05) is 5.32 Å². The van der Waals surface area contributed by atoms with Crippen LogP contribution < -0.4 is 5.32 Å². The minimum atomic E-state index is 0.126. The molecule has 0 bridgehead atoms. The van der Waals surface area contributed by atoms with Crippen LogP contribution in [0, 0.1) is 6.92 Å². The largest absolute Gasteiger partial charge is 0.467 e. The van der Waals surface area contributed by atoms with E-state index < -0.39 is 0 Å². The zero-order valence-electron chi connectivity index (χ0n) is 11.1. The standard InChI is InChI=1S/C16H16N2O/c1-11-7-8-14(13-5-3-9-17-16(11)13)18-12(2)15-6-4-10-19-15/h3-10,12,18H,1-2H3. The lowest BCUT2D eigenvalue weighted by atomic mass is 10.1. The van der Waals surface area contributed by atoms with E-state index in [0.717, 1.165) is 22.4 Å². The van der Waals surface area contributed by atoms with Crippen LogP contribution in [0.1, 0.15) is 24.3 Å². The number of benzene rings is 1. The molecule has 0 aliphatic rings. The van der Waals surface area contributed by atoms with Crippen molar-refractivity contribution in [2.24, 2.45) is 0 Å². The van der Waals surface area contributed by atoms with Crippen molar-refractivity contribution < 1.29 is 4.42 Å². The van der Waals surface area contributed by atoms with E-state index in [0.29, 0.717) is 0 Å².